The Labute approximate surface area is 171 Å². The van der Waals surface area contributed by atoms with Crippen molar-refractivity contribution in [1.82, 2.24) is 15.5 Å². The molecule has 2 aliphatic heterocycles. The Morgan fingerprint density at radius 2 is 2.08 bits per heavy atom. The first-order valence-corrected chi connectivity index (χ1v) is 11.7. The third-order valence-electron chi connectivity index (χ3n) is 5.70. The average Bonchev–Trinajstić information content (AvgIpc) is 2.62. The molecule has 0 bridgehead atoms. The Morgan fingerprint density at radius 1 is 1.35 bits per heavy atom. The first-order chi connectivity index (χ1) is 12.5. The molecule has 0 aliphatic carbocycles. The number of carbonyl (C=O) groups excluding carboxylic acids is 1. The number of aliphatic hydroxyl groups is 2. The molecule has 4 atom stereocenters. The van der Waals surface area contributed by atoms with E-state index in [-0.39, 0.29) is 18.1 Å². The number of piperidine rings is 2. The number of aliphatic hydroxyl groups excluding tert-OH is 2. The van der Waals surface area contributed by atoms with Gasteiger partial charge in [0.1, 0.15) is 0 Å². The fraction of sp³-hybridized carbons (Fsp3) is 0.947. The van der Waals surface area contributed by atoms with Gasteiger partial charge in [-0.05, 0) is 61.3 Å². The molecule has 0 aromatic carbocycles. The summed E-state index contributed by atoms with van der Waals surface area (Å²) in [5, 5.41) is 26.0. The van der Waals surface area contributed by atoms with E-state index in [4.69, 9.17) is 0 Å². The van der Waals surface area contributed by atoms with Crippen molar-refractivity contribution in [2.24, 2.45) is 11.8 Å². The van der Waals surface area contributed by atoms with Gasteiger partial charge in [-0.3, -0.25) is 4.79 Å². The van der Waals surface area contributed by atoms with Crippen LogP contribution < -0.4 is 10.6 Å². The van der Waals surface area contributed by atoms with Crippen LogP contribution in [0.3, 0.4) is 0 Å². The maximum absolute atomic E-state index is 12.5. The number of amides is 1. The minimum Gasteiger partial charge on any atom is -0.393 e. The van der Waals surface area contributed by atoms with Crippen LogP contribution in [0.15, 0.2) is 0 Å². The van der Waals surface area contributed by atoms with E-state index in [9.17, 15) is 15.0 Å². The van der Waals surface area contributed by atoms with Crippen LogP contribution in [0.4, 0.5) is 0 Å². The lowest BCUT2D eigenvalue weighted by Gasteiger charge is -2.32. The van der Waals surface area contributed by atoms with Gasteiger partial charge < -0.3 is 25.7 Å². The summed E-state index contributed by atoms with van der Waals surface area (Å²) in [6, 6.07) is -0.127. The lowest BCUT2D eigenvalue weighted by Crippen LogP contribution is -2.51. The SMILES string of the molecule is CC(CCI)C[C@@H]1CCN[C@H](C(=O)NC[C@@H](O)CN2CCC(O)CC2)C1. The molecule has 6 nitrogen and oxygen atoms in total. The van der Waals surface area contributed by atoms with E-state index in [2.05, 4.69) is 45.0 Å². The monoisotopic (exact) mass is 481 g/mol. The molecule has 0 spiro atoms. The second-order valence-electron chi connectivity index (χ2n) is 8.15. The van der Waals surface area contributed by atoms with E-state index in [1.165, 1.54) is 17.3 Å². The highest BCUT2D eigenvalue weighted by molar-refractivity contribution is 14.1. The number of nitrogens with one attached hydrogen (secondary N) is 2. The van der Waals surface area contributed by atoms with Gasteiger partial charge in [0, 0.05) is 26.2 Å². The second kappa shape index (κ2) is 11.8. The van der Waals surface area contributed by atoms with E-state index in [0.717, 1.165) is 51.2 Å². The number of halogens is 1. The van der Waals surface area contributed by atoms with Crippen LogP contribution >= 0.6 is 22.6 Å². The first kappa shape index (κ1) is 22.3. The summed E-state index contributed by atoms with van der Waals surface area (Å²) < 4.78 is 1.20. The number of carbonyl (C=O) groups is 1. The molecule has 2 aliphatic rings. The number of alkyl halides is 1. The van der Waals surface area contributed by atoms with Crippen molar-refractivity contribution in [2.45, 2.75) is 63.7 Å². The molecular formula is C19H36IN3O3. The van der Waals surface area contributed by atoms with Crippen molar-refractivity contribution in [1.29, 1.82) is 0 Å². The maximum atomic E-state index is 12.5. The molecule has 0 aromatic rings. The standard InChI is InChI=1S/C19H36IN3O3/c1-14(2-6-20)10-15-3-7-21-18(11-15)19(26)22-12-17(25)13-23-8-4-16(24)5-9-23/h14-18,21,24-25H,2-13H2,1H3,(H,22,26)/t14?,15-,17+,18-/m0/s1. The first-order valence-electron chi connectivity index (χ1n) is 10.1. The minimum atomic E-state index is -0.558. The Hall–Kier alpha value is 0.0400. The molecule has 2 rings (SSSR count). The van der Waals surface area contributed by atoms with Gasteiger partial charge in [-0.1, -0.05) is 29.5 Å². The van der Waals surface area contributed by atoms with Crippen LogP contribution in [-0.4, -0.2) is 76.4 Å². The van der Waals surface area contributed by atoms with Crippen molar-refractivity contribution in [3.05, 3.63) is 0 Å². The molecule has 0 saturated carbocycles. The molecule has 2 saturated heterocycles. The predicted octanol–water partition coefficient (Wildman–Crippen LogP) is 1.14. The molecule has 26 heavy (non-hydrogen) atoms. The topological polar surface area (TPSA) is 84.8 Å². The van der Waals surface area contributed by atoms with Gasteiger partial charge in [0.25, 0.3) is 0 Å². The Kier molecular flexibility index (Phi) is 10.1. The molecule has 2 fully saturated rings. The van der Waals surface area contributed by atoms with E-state index in [1.807, 2.05) is 0 Å². The third-order valence-corrected chi connectivity index (χ3v) is 6.33. The molecule has 0 radical (unpaired) electrons. The van der Waals surface area contributed by atoms with E-state index < -0.39 is 6.10 Å². The Balaban J connectivity index is 1.66. The smallest absolute Gasteiger partial charge is 0.237 e. The lowest BCUT2D eigenvalue weighted by molar-refractivity contribution is -0.124. The number of rotatable bonds is 9. The number of hydrogen-bond donors (Lipinski definition) is 4. The number of hydrogen-bond acceptors (Lipinski definition) is 5. The van der Waals surface area contributed by atoms with E-state index in [1.54, 1.807) is 0 Å². The van der Waals surface area contributed by atoms with Crippen LogP contribution in [0, 0.1) is 11.8 Å². The van der Waals surface area contributed by atoms with Gasteiger partial charge in [0.05, 0.1) is 18.2 Å². The molecule has 1 unspecified atom stereocenters. The number of β-amino-alcohol motifs (C(OH)–C–C–N with tert-alkyl or cyclic N) is 1. The third kappa shape index (κ3) is 7.96. The van der Waals surface area contributed by atoms with Crippen LogP contribution in [0.25, 0.3) is 0 Å². The summed E-state index contributed by atoms with van der Waals surface area (Å²) >= 11 is 2.43. The summed E-state index contributed by atoms with van der Waals surface area (Å²) in [4.78, 5) is 14.6. The average molecular weight is 481 g/mol. The Morgan fingerprint density at radius 3 is 2.77 bits per heavy atom. The summed E-state index contributed by atoms with van der Waals surface area (Å²) in [7, 11) is 0. The van der Waals surface area contributed by atoms with Crippen LogP contribution in [0.1, 0.15) is 45.4 Å². The molecule has 152 valence electrons. The quantitative estimate of drug-likeness (QED) is 0.293. The molecule has 1 amide bonds. The van der Waals surface area contributed by atoms with Crippen molar-refractivity contribution in [3.8, 4) is 0 Å². The zero-order chi connectivity index (χ0) is 18.9. The molecule has 4 N–H and O–H groups in total. The zero-order valence-electron chi connectivity index (χ0n) is 16.0. The van der Waals surface area contributed by atoms with Crippen LogP contribution in [-0.2, 0) is 4.79 Å². The van der Waals surface area contributed by atoms with Crippen LogP contribution in [0.2, 0.25) is 0 Å². The van der Waals surface area contributed by atoms with Crippen molar-refractivity contribution in [2.75, 3.05) is 37.2 Å². The Bertz CT molecular complexity index is 419. The van der Waals surface area contributed by atoms with Crippen LogP contribution in [0.5, 0.6) is 0 Å². The molecular weight excluding hydrogens is 445 g/mol. The maximum Gasteiger partial charge on any atom is 0.237 e. The fourth-order valence-electron chi connectivity index (χ4n) is 4.09. The summed E-state index contributed by atoms with van der Waals surface area (Å²) in [6.45, 7) is 5.69. The van der Waals surface area contributed by atoms with Gasteiger partial charge in [0.15, 0.2) is 0 Å². The van der Waals surface area contributed by atoms with Gasteiger partial charge in [-0.25, -0.2) is 0 Å². The van der Waals surface area contributed by atoms with Gasteiger partial charge in [-0.2, -0.15) is 0 Å². The second-order valence-corrected chi connectivity index (χ2v) is 9.23. The highest BCUT2D eigenvalue weighted by atomic mass is 127. The highest BCUT2D eigenvalue weighted by Crippen LogP contribution is 2.25. The van der Waals surface area contributed by atoms with Gasteiger partial charge in [0.2, 0.25) is 5.91 Å². The zero-order valence-corrected chi connectivity index (χ0v) is 18.2. The minimum absolute atomic E-state index is 0.0179. The predicted molar refractivity (Wildman–Crippen MR) is 112 cm³/mol. The fourth-order valence-corrected chi connectivity index (χ4v) is 5.15. The van der Waals surface area contributed by atoms with Gasteiger partial charge >= 0.3 is 0 Å². The van der Waals surface area contributed by atoms with Crippen molar-refractivity contribution in [3.63, 3.8) is 0 Å². The summed E-state index contributed by atoms with van der Waals surface area (Å²) in [5.74, 6) is 1.36. The van der Waals surface area contributed by atoms with E-state index >= 15 is 0 Å². The van der Waals surface area contributed by atoms with Crippen molar-refractivity contribution >= 4 is 28.5 Å². The normalized spacial score (nSPS) is 27.8. The molecule has 0 aromatic heterocycles. The summed E-state index contributed by atoms with van der Waals surface area (Å²) in [6.07, 6.45) is 5.28. The van der Waals surface area contributed by atoms with Crippen molar-refractivity contribution < 1.29 is 15.0 Å². The highest BCUT2D eigenvalue weighted by Gasteiger charge is 2.28. The van der Waals surface area contributed by atoms with E-state index in [0.29, 0.717) is 19.0 Å². The lowest BCUT2D eigenvalue weighted by atomic mass is 9.84. The molecule has 2 heterocycles. The number of likely N-dealkylation sites (tertiary alicyclic amines) is 1. The number of nitrogens with zero attached hydrogens (tertiary/aromatic N) is 1. The summed E-state index contributed by atoms with van der Waals surface area (Å²) in [5.41, 5.74) is 0. The largest absolute Gasteiger partial charge is 0.393 e. The van der Waals surface area contributed by atoms with Gasteiger partial charge in [-0.15, -0.1) is 0 Å². The molecule has 7 heteroatoms.